The van der Waals surface area contributed by atoms with Crippen LogP contribution in [0.15, 0.2) is 46.9 Å². The molecule has 0 radical (unpaired) electrons. The maximum atomic E-state index is 10.6. The molecule has 0 aliphatic heterocycles. The first-order valence-electron chi connectivity index (χ1n) is 6.26. The van der Waals surface area contributed by atoms with Crippen LogP contribution >= 0.6 is 39.1 Å². The Morgan fingerprint density at radius 2 is 1.50 bits per heavy atom. The van der Waals surface area contributed by atoms with E-state index in [0.717, 1.165) is 15.6 Å². The van der Waals surface area contributed by atoms with E-state index in [-0.39, 0.29) is 0 Å². The zero-order valence-corrected chi connectivity index (χ0v) is 14.1. The van der Waals surface area contributed by atoms with E-state index in [1.54, 1.807) is 12.1 Å². The molecule has 0 saturated heterocycles. The Labute approximate surface area is 137 Å². The number of hydrogen-bond acceptors (Lipinski definition) is 1. The van der Waals surface area contributed by atoms with Crippen LogP contribution in [-0.2, 0) is 12.8 Å². The fraction of sp³-hybridized carbons (Fsp3) is 0.250. The molecule has 0 fully saturated rings. The molecule has 1 N–H and O–H groups in total. The molecule has 4 heteroatoms. The number of hydrogen-bond donors (Lipinski definition) is 1. The van der Waals surface area contributed by atoms with Crippen LogP contribution in [0.25, 0.3) is 0 Å². The molecule has 0 bridgehead atoms. The SMILES string of the molecule is CC(O)(Cc1ccc(Br)cc1)Cc1ccc(Cl)c(Cl)c1. The molecule has 1 nitrogen and oxygen atoms in total. The van der Waals surface area contributed by atoms with Crippen LogP contribution in [-0.4, -0.2) is 10.7 Å². The first-order valence-corrected chi connectivity index (χ1v) is 7.81. The van der Waals surface area contributed by atoms with Crippen molar-refractivity contribution in [3.63, 3.8) is 0 Å². The van der Waals surface area contributed by atoms with Gasteiger partial charge in [-0.25, -0.2) is 0 Å². The van der Waals surface area contributed by atoms with Crippen molar-refractivity contribution in [1.29, 1.82) is 0 Å². The lowest BCUT2D eigenvalue weighted by Crippen LogP contribution is -2.30. The fourth-order valence-electron chi connectivity index (χ4n) is 2.19. The number of benzene rings is 2. The molecule has 0 aliphatic rings. The van der Waals surface area contributed by atoms with Crippen LogP contribution in [0.3, 0.4) is 0 Å². The molecular formula is C16H15BrCl2O. The zero-order valence-electron chi connectivity index (χ0n) is 11.0. The highest BCUT2D eigenvalue weighted by Crippen LogP contribution is 2.26. The average molecular weight is 374 g/mol. The highest BCUT2D eigenvalue weighted by atomic mass is 79.9. The zero-order chi connectivity index (χ0) is 14.8. The molecule has 2 aromatic carbocycles. The topological polar surface area (TPSA) is 20.2 Å². The second-order valence-corrected chi connectivity index (χ2v) is 6.96. The third-order valence-electron chi connectivity index (χ3n) is 3.07. The predicted molar refractivity (Wildman–Crippen MR) is 88.6 cm³/mol. The predicted octanol–water partition coefficient (Wildman–Crippen LogP) is 5.29. The fourth-order valence-corrected chi connectivity index (χ4v) is 2.78. The Morgan fingerprint density at radius 1 is 0.950 bits per heavy atom. The first kappa shape index (κ1) is 15.8. The van der Waals surface area contributed by atoms with Gasteiger partial charge >= 0.3 is 0 Å². The van der Waals surface area contributed by atoms with Crippen LogP contribution < -0.4 is 0 Å². The van der Waals surface area contributed by atoms with Gasteiger partial charge in [-0.2, -0.15) is 0 Å². The van der Waals surface area contributed by atoms with Gasteiger partial charge in [0.15, 0.2) is 0 Å². The van der Waals surface area contributed by atoms with Crippen LogP contribution in [0.5, 0.6) is 0 Å². The molecule has 0 spiro atoms. The molecule has 20 heavy (non-hydrogen) atoms. The van der Waals surface area contributed by atoms with Gasteiger partial charge in [-0.15, -0.1) is 0 Å². The largest absolute Gasteiger partial charge is 0.389 e. The average Bonchev–Trinajstić information content (AvgIpc) is 2.36. The van der Waals surface area contributed by atoms with E-state index in [4.69, 9.17) is 23.2 Å². The van der Waals surface area contributed by atoms with Gasteiger partial charge in [0.05, 0.1) is 15.6 Å². The van der Waals surface area contributed by atoms with E-state index in [9.17, 15) is 5.11 Å². The summed E-state index contributed by atoms with van der Waals surface area (Å²) in [6.07, 6.45) is 1.11. The Morgan fingerprint density at radius 3 is 2.10 bits per heavy atom. The standard InChI is InChI=1S/C16H15BrCl2O/c1-16(20,9-11-2-5-13(17)6-3-11)10-12-4-7-14(18)15(19)8-12/h2-8,20H,9-10H2,1H3. The van der Waals surface area contributed by atoms with Gasteiger partial charge in [-0.05, 0) is 42.3 Å². The summed E-state index contributed by atoms with van der Waals surface area (Å²) in [5.41, 5.74) is 1.24. The molecular weight excluding hydrogens is 359 g/mol. The molecule has 1 atom stereocenters. The second-order valence-electron chi connectivity index (χ2n) is 5.23. The van der Waals surface area contributed by atoms with Crippen molar-refractivity contribution in [2.45, 2.75) is 25.4 Å². The Balaban J connectivity index is 2.09. The molecule has 106 valence electrons. The monoisotopic (exact) mass is 372 g/mol. The normalized spacial score (nSPS) is 14.1. The highest BCUT2D eigenvalue weighted by Gasteiger charge is 2.22. The van der Waals surface area contributed by atoms with Crippen molar-refractivity contribution in [3.05, 3.63) is 68.1 Å². The summed E-state index contributed by atoms with van der Waals surface area (Å²) < 4.78 is 1.03. The lowest BCUT2D eigenvalue weighted by molar-refractivity contribution is 0.0608. The van der Waals surface area contributed by atoms with Crippen molar-refractivity contribution in [1.82, 2.24) is 0 Å². The summed E-state index contributed by atoms with van der Waals surface area (Å²) in [5.74, 6) is 0. The molecule has 0 aliphatic carbocycles. The van der Waals surface area contributed by atoms with E-state index >= 15 is 0 Å². The summed E-state index contributed by atoms with van der Waals surface area (Å²) in [7, 11) is 0. The maximum Gasteiger partial charge on any atom is 0.0700 e. The van der Waals surface area contributed by atoms with Crippen molar-refractivity contribution in [3.8, 4) is 0 Å². The Bertz CT molecular complexity index is 594. The Hall–Kier alpha value is -0.540. The van der Waals surface area contributed by atoms with Gasteiger partial charge in [0.25, 0.3) is 0 Å². The Kier molecular flexibility index (Phi) is 5.14. The van der Waals surface area contributed by atoms with E-state index < -0.39 is 5.60 Å². The molecule has 0 amide bonds. The van der Waals surface area contributed by atoms with Crippen LogP contribution in [0.2, 0.25) is 10.0 Å². The smallest absolute Gasteiger partial charge is 0.0700 e. The van der Waals surface area contributed by atoms with Crippen LogP contribution in [0.4, 0.5) is 0 Å². The van der Waals surface area contributed by atoms with Crippen molar-refractivity contribution in [2.24, 2.45) is 0 Å². The molecule has 1 unspecified atom stereocenters. The van der Waals surface area contributed by atoms with Gasteiger partial charge in [-0.1, -0.05) is 57.3 Å². The van der Waals surface area contributed by atoms with E-state index in [2.05, 4.69) is 15.9 Å². The molecule has 0 heterocycles. The first-order chi connectivity index (χ1) is 9.35. The number of halogens is 3. The number of rotatable bonds is 4. The van der Waals surface area contributed by atoms with E-state index in [1.165, 1.54) is 0 Å². The molecule has 0 aromatic heterocycles. The van der Waals surface area contributed by atoms with Gasteiger partial charge in [0.2, 0.25) is 0 Å². The van der Waals surface area contributed by atoms with E-state index in [0.29, 0.717) is 22.9 Å². The summed E-state index contributed by atoms with van der Waals surface area (Å²) in [5, 5.41) is 11.6. The minimum atomic E-state index is -0.828. The highest BCUT2D eigenvalue weighted by molar-refractivity contribution is 9.10. The lowest BCUT2D eigenvalue weighted by Gasteiger charge is -2.24. The van der Waals surface area contributed by atoms with E-state index in [1.807, 2.05) is 37.3 Å². The van der Waals surface area contributed by atoms with Gasteiger partial charge < -0.3 is 5.11 Å². The van der Waals surface area contributed by atoms with Gasteiger partial charge in [0.1, 0.15) is 0 Å². The lowest BCUT2D eigenvalue weighted by atomic mass is 9.90. The number of aliphatic hydroxyl groups is 1. The van der Waals surface area contributed by atoms with Crippen molar-refractivity contribution < 1.29 is 5.11 Å². The second kappa shape index (κ2) is 6.48. The molecule has 2 aromatic rings. The van der Waals surface area contributed by atoms with Gasteiger partial charge in [0, 0.05) is 17.3 Å². The minimum absolute atomic E-state index is 0.517. The molecule has 2 rings (SSSR count). The summed E-state index contributed by atoms with van der Waals surface area (Å²) >= 11 is 15.3. The van der Waals surface area contributed by atoms with Crippen LogP contribution in [0, 0.1) is 0 Å². The third kappa shape index (κ3) is 4.49. The molecule has 0 saturated carbocycles. The summed E-state index contributed by atoms with van der Waals surface area (Å²) in [4.78, 5) is 0. The summed E-state index contributed by atoms with van der Waals surface area (Å²) in [6, 6.07) is 13.4. The van der Waals surface area contributed by atoms with Crippen molar-refractivity contribution >= 4 is 39.1 Å². The summed E-state index contributed by atoms with van der Waals surface area (Å²) in [6.45, 7) is 1.83. The quantitative estimate of drug-likeness (QED) is 0.771. The third-order valence-corrected chi connectivity index (χ3v) is 4.33. The minimum Gasteiger partial charge on any atom is -0.389 e. The van der Waals surface area contributed by atoms with Gasteiger partial charge in [-0.3, -0.25) is 0 Å². The van der Waals surface area contributed by atoms with Crippen molar-refractivity contribution in [2.75, 3.05) is 0 Å². The maximum absolute atomic E-state index is 10.6. The van der Waals surface area contributed by atoms with Crippen LogP contribution in [0.1, 0.15) is 18.1 Å².